The minimum atomic E-state index is -0.992. The van der Waals surface area contributed by atoms with Crippen molar-refractivity contribution in [3.8, 4) is 0 Å². The Labute approximate surface area is 101 Å². The standard InChI is InChI=1S/C11H20N2O4/c1-17-8-4-5-9(10(14)15)12-11(16)13-6-2-3-7-13/h9H,2-8H2,1H3,(H,12,16)(H,14,15). The van der Waals surface area contributed by atoms with E-state index in [1.807, 2.05) is 0 Å². The molecule has 1 saturated heterocycles. The maximum atomic E-state index is 11.7. The molecule has 0 spiro atoms. The first kappa shape index (κ1) is 13.8. The van der Waals surface area contributed by atoms with Gasteiger partial charge in [-0.1, -0.05) is 0 Å². The van der Waals surface area contributed by atoms with Crippen LogP contribution in [0.3, 0.4) is 0 Å². The van der Waals surface area contributed by atoms with E-state index in [0.717, 1.165) is 25.9 Å². The van der Waals surface area contributed by atoms with Crippen molar-refractivity contribution < 1.29 is 19.4 Å². The number of methoxy groups -OCH3 is 1. The summed E-state index contributed by atoms with van der Waals surface area (Å²) in [6, 6.07) is -1.09. The highest BCUT2D eigenvalue weighted by Gasteiger charge is 2.24. The molecule has 1 unspecified atom stereocenters. The van der Waals surface area contributed by atoms with E-state index in [1.54, 1.807) is 12.0 Å². The number of carboxylic acids is 1. The van der Waals surface area contributed by atoms with E-state index >= 15 is 0 Å². The van der Waals surface area contributed by atoms with Crippen molar-refractivity contribution in [1.29, 1.82) is 0 Å². The summed E-state index contributed by atoms with van der Waals surface area (Å²) in [4.78, 5) is 24.3. The highest BCUT2D eigenvalue weighted by atomic mass is 16.5. The Kier molecular flexibility index (Phi) is 5.76. The second kappa shape index (κ2) is 7.11. The average Bonchev–Trinajstić information content (AvgIpc) is 2.81. The van der Waals surface area contributed by atoms with Crippen molar-refractivity contribution in [2.75, 3.05) is 26.8 Å². The molecule has 17 heavy (non-hydrogen) atoms. The molecule has 0 aromatic carbocycles. The fraction of sp³-hybridized carbons (Fsp3) is 0.818. The topological polar surface area (TPSA) is 78.9 Å². The van der Waals surface area contributed by atoms with E-state index in [0.29, 0.717) is 19.4 Å². The number of carbonyl (C=O) groups excluding carboxylic acids is 1. The van der Waals surface area contributed by atoms with E-state index in [1.165, 1.54) is 0 Å². The van der Waals surface area contributed by atoms with Gasteiger partial charge in [0, 0.05) is 26.8 Å². The number of nitrogens with one attached hydrogen (secondary N) is 1. The third-order valence-electron chi connectivity index (χ3n) is 2.83. The lowest BCUT2D eigenvalue weighted by Crippen LogP contribution is -2.47. The van der Waals surface area contributed by atoms with Gasteiger partial charge in [0.05, 0.1) is 0 Å². The van der Waals surface area contributed by atoms with Gasteiger partial charge in [0.25, 0.3) is 0 Å². The molecule has 1 aliphatic rings. The van der Waals surface area contributed by atoms with E-state index in [2.05, 4.69) is 5.32 Å². The highest BCUT2D eigenvalue weighted by molar-refractivity contribution is 5.82. The molecule has 6 heteroatoms. The van der Waals surface area contributed by atoms with Gasteiger partial charge in [-0.2, -0.15) is 0 Å². The van der Waals surface area contributed by atoms with Crippen molar-refractivity contribution >= 4 is 12.0 Å². The quantitative estimate of drug-likeness (QED) is 0.673. The van der Waals surface area contributed by atoms with Gasteiger partial charge in [-0.05, 0) is 25.7 Å². The summed E-state index contributed by atoms with van der Waals surface area (Å²) < 4.78 is 4.86. The van der Waals surface area contributed by atoms with Gasteiger partial charge in [-0.25, -0.2) is 9.59 Å². The SMILES string of the molecule is COCCCC(NC(=O)N1CCCC1)C(=O)O. The number of carbonyl (C=O) groups is 2. The van der Waals surface area contributed by atoms with Crippen molar-refractivity contribution in [2.45, 2.75) is 31.7 Å². The van der Waals surface area contributed by atoms with Crippen LogP contribution in [0.1, 0.15) is 25.7 Å². The Balaban J connectivity index is 2.36. The molecule has 1 rings (SSSR count). The molecule has 0 aromatic heterocycles. The summed E-state index contributed by atoms with van der Waals surface area (Å²) in [5, 5.41) is 11.5. The van der Waals surface area contributed by atoms with Crippen LogP contribution in [0, 0.1) is 0 Å². The van der Waals surface area contributed by atoms with Crippen molar-refractivity contribution in [1.82, 2.24) is 10.2 Å². The summed E-state index contributed by atoms with van der Waals surface area (Å²) in [5.41, 5.74) is 0. The molecule has 0 bridgehead atoms. The minimum absolute atomic E-state index is 0.271. The zero-order valence-electron chi connectivity index (χ0n) is 10.1. The van der Waals surface area contributed by atoms with E-state index in [-0.39, 0.29) is 6.03 Å². The maximum absolute atomic E-state index is 11.7. The number of aliphatic carboxylic acids is 1. The van der Waals surface area contributed by atoms with Crippen LogP contribution in [0.2, 0.25) is 0 Å². The van der Waals surface area contributed by atoms with Gasteiger partial charge >= 0.3 is 12.0 Å². The zero-order valence-corrected chi connectivity index (χ0v) is 10.1. The van der Waals surface area contributed by atoms with Crippen LogP contribution in [-0.4, -0.2) is 54.9 Å². The molecular weight excluding hydrogens is 224 g/mol. The molecule has 0 radical (unpaired) electrons. The Morgan fingerprint density at radius 1 is 1.41 bits per heavy atom. The predicted molar refractivity (Wildman–Crippen MR) is 61.9 cm³/mol. The summed E-state index contributed by atoms with van der Waals surface area (Å²) >= 11 is 0. The number of carboxylic acid groups (broad SMARTS) is 1. The second-order valence-corrected chi connectivity index (χ2v) is 4.17. The van der Waals surface area contributed by atoms with Crippen LogP contribution >= 0.6 is 0 Å². The molecule has 2 N–H and O–H groups in total. The third-order valence-corrected chi connectivity index (χ3v) is 2.83. The fourth-order valence-corrected chi connectivity index (χ4v) is 1.85. The molecule has 2 amide bonds. The number of hydrogen-bond acceptors (Lipinski definition) is 3. The summed E-state index contributed by atoms with van der Waals surface area (Å²) in [5.74, 6) is -0.992. The lowest BCUT2D eigenvalue weighted by molar-refractivity contribution is -0.139. The van der Waals surface area contributed by atoms with Gasteiger partial charge in [0.2, 0.25) is 0 Å². The number of rotatable bonds is 6. The zero-order chi connectivity index (χ0) is 12.7. The number of hydrogen-bond donors (Lipinski definition) is 2. The van der Waals surface area contributed by atoms with Crippen molar-refractivity contribution in [3.05, 3.63) is 0 Å². The second-order valence-electron chi connectivity index (χ2n) is 4.17. The third kappa shape index (κ3) is 4.60. The maximum Gasteiger partial charge on any atom is 0.326 e. The summed E-state index contributed by atoms with van der Waals surface area (Å²) in [6.07, 6.45) is 3.00. The van der Waals surface area contributed by atoms with Crippen LogP contribution in [0.25, 0.3) is 0 Å². The molecule has 98 valence electrons. The van der Waals surface area contributed by atoms with E-state index in [4.69, 9.17) is 9.84 Å². The average molecular weight is 244 g/mol. The molecule has 1 aliphatic heterocycles. The van der Waals surface area contributed by atoms with Crippen molar-refractivity contribution in [2.24, 2.45) is 0 Å². The predicted octanol–water partition coefficient (Wildman–Crippen LogP) is 0.672. The number of urea groups is 1. The van der Waals surface area contributed by atoms with E-state index < -0.39 is 12.0 Å². The van der Waals surface area contributed by atoms with Crippen LogP contribution in [-0.2, 0) is 9.53 Å². The molecular formula is C11H20N2O4. The van der Waals surface area contributed by atoms with Crippen LogP contribution in [0.4, 0.5) is 4.79 Å². The van der Waals surface area contributed by atoms with Gasteiger partial charge in [-0.3, -0.25) is 0 Å². The first-order chi connectivity index (χ1) is 8.15. The van der Waals surface area contributed by atoms with Crippen LogP contribution < -0.4 is 5.32 Å². The smallest absolute Gasteiger partial charge is 0.326 e. The molecule has 1 atom stereocenters. The Hall–Kier alpha value is -1.30. The lowest BCUT2D eigenvalue weighted by atomic mass is 10.1. The first-order valence-electron chi connectivity index (χ1n) is 5.92. The normalized spacial score (nSPS) is 16.9. The fourth-order valence-electron chi connectivity index (χ4n) is 1.85. The summed E-state index contributed by atoms with van der Waals surface area (Å²) in [6.45, 7) is 1.94. The largest absolute Gasteiger partial charge is 0.480 e. The van der Waals surface area contributed by atoms with Crippen molar-refractivity contribution in [3.63, 3.8) is 0 Å². The van der Waals surface area contributed by atoms with Gasteiger partial charge < -0.3 is 20.1 Å². The van der Waals surface area contributed by atoms with E-state index in [9.17, 15) is 9.59 Å². The molecule has 6 nitrogen and oxygen atoms in total. The molecule has 1 heterocycles. The highest BCUT2D eigenvalue weighted by Crippen LogP contribution is 2.08. The monoisotopic (exact) mass is 244 g/mol. The Bertz CT molecular complexity index is 264. The molecule has 0 saturated carbocycles. The Morgan fingerprint density at radius 2 is 2.06 bits per heavy atom. The van der Waals surface area contributed by atoms with Gasteiger partial charge in [0.1, 0.15) is 6.04 Å². The Morgan fingerprint density at radius 3 is 2.59 bits per heavy atom. The molecule has 1 fully saturated rings. The summed E-state index contributed by atoms with van der Waals surface area (Å²) in [7, 11) is 1.57. The van der Waals surface area contributed by atoms with Crippen LogP contribution in [0.15, 0.2) is 0 Å². The number of ether oxygens (including phenoxy) is 1. The number of amides is 2. The molecule has 0 aromatic rings. The van der Waals surface area contributed by atoms with Crippen LogP contribution in [0.5, 0.6) is 0 Å². The lowest BCUT2D eigenvalue weighted by Gasteiger charge is -2.20. The number of nitrogens with zero attached hydrogens (tertiary/aromatic N) is 1. The number of likely N-dealkylation sites (tertiary alicyclic amines) is 1. The minimum Gasteiger partial charge on any atom is -0.480 e. The molecule has 0 aliphatic carbocycles. The first-order valence-corrected chi connectivity index (χ1v) is 5.92. The van der Waals surface area contributed by atoms with Gasteiger partial charge in [0.15, 0.2) is 0 Å². The van der Waals surface area contributed by atoms with Gasteiger partial charge in [-0.15, -0.1) is 0 Å².